The van der Waals surface area contributed by atoms with Gasteiger partial charge < -0.3 is 14.5 Å². The molecule has 1 heterocycles. The standard InChI is InChI=1S/C21H18N2O3/c1-13-5-4-6-14(9-13)16-11-18(23-21(24)17(16)12-22)15-7-8-19(25-2)20(10-15)26-3/h4-11H,1-3H3,(H,23,24). The molecule has 2 aromatic carbocycles. The second kappa shape index (κ2) is 7.16. The van der Waals surface area contributed by atoms with Crippen LogP contribution in [0, 0.1) is 18.3 Å². The molecule has 5 nitrogen and oxygen atoms in total. The Morgan fingerprint density at radius 3 is 2.38 bits per heavy atom. The Morgan fingerprint density at radius 2 is 1.73 bits per heavy atom. The fourth-order valence-electron chi connectivity index (χ4n) is 2.87. The summed E-state index contributed by atoms with van der Waals surface area (Å²) in [5, 5.41) is 9.44. The van der Waals surface area contributed by atoms with Crippen LogP contribution in [0.15, 0.2) is 53.3 Å². The maximum Gasteiger partial charge on any atom is 0.266 e. The van der Waals surface area contributed by atoms with Gasteiger partial charge in [0.2, 0.25) is 0 Å². The molecule has 0 aliphatic heterocycles. The molecule has 1 N–H and O–H groups in total. The molecule has 0 saturated carbocycles. The number of hydrogen-bond acceptors (Lipinski definition) is 4. The normalized spacial score (nSPS) is 10.2. The van der Waals surface area contributed by atoms with Crippen molar-refractivity contribution >= 4 is 0 Å². The summed E-state index contributed by atoms with van der Waals surface area (Å²) in [6.45, 7) is 1.97. The molecule has 0 bridgehead atoms. The van der Waals surface area contributed by atoms with E-state index in [1.807, 2.05) is 49.4 Å². The molecule has 3 rings (SSSR count). The van der Waals surface area contributed by atoms with Gasteiger partial charge in [0.05, 0.1) is 14.2 Å². The zero-order chi connectivity index (χ0) is 18.7. The van der Waals surface area contributed by atoms with Crippen molar-refractivity contribution in [3.8, 4) is 40.0 Å². The maximum atomic E-state index is 12.5. The van der Waals surface area contributed by atoms with Crippen LogP contribution in [0.4, 0.5) is 0 Å². The molecule has 0 unspecified atom stereocenters. The number of aromatic nitrogens is 1. The maximum absolute atomic E-state index is 12.5. The van der Waals surface area contributed by atoms with Gasteiger partial charge in [-0.05, 0) is 36.8 Å². The number of aromatic amines is 1. The molecule has 0 spiro atoms. The lowest BCUT2D eigenvalue weighted by Crippen LogP contribution is -2.12. The summed E-state index contributed by atoms with van der Waals surface area (Å²) < 4.78 is 10.6. The minimum atomic E-state index is -0.420. The molecule has 0 aliphatic rings. The highest BCUT2D eigenvalue weighted by molar-refractivity contribution is 5.76. The van der Waals surface area contributed by atoms with E-state index in [0.29, 0.717) is 22.8 Å². The third-order valence-electron chi connectivity index (χ3n) is 4.17. The highest BCUT2D eigenvalue weighted by Gasteiger charge is 2.14. The van der Waals surface area contributed by atoms with Crippen molar-refractivity contribution in [1.82, 2.24) is 4.98 Å². The molecule has 1 aromatic heterocycles. The van der Waals surface area contributed by atoms with Gasteiger partial charge in [0.25, 0.3) is 5.56 Å². The summed E-state index contributed by atoms with van der Waals surface area (Å²) in [5.41, 5.74) is 3.53. The van der Waals surface area contributed by atoms with Gasteiger partial charge in [-0.2, -0.15) is 5.26 Å². The predicted molar refractivity (Wildman–Crippen MR) is 100 cm³/mol. The van der Waals surface area contributed by atoms with E-state index in [2.05, 4.69) is 4.98 Å². The van der Waals surface area contributed by atoms with Crippen molar-refractivity contribution in [3.05, 3.63) is 70.0 Å². The van der Waals surface area contributed by atoms with E-state index in [9.17, 15) is 10.1 Å². The third kappa shape index (κ3) is 3.17. The van der Waals surface area contributed by atoms with Crippen molar-refractivity contribution < 1.29 is 9.47 Å². The number of rotatable bonds is 4. The van der Waals surface area contributed by atoms with Crippen LogP contribution in [-0.4, -0.2) is 19.2 Å². The SMILES string of the molecule is COc1ccc(-c2cc(-c3cccc(C)c3)c(C#N)c(=O)[nH]2)cc1OC. The number of H-pyrrole nitrogens is 1. The van der Waals surface area contributed by atoms with E-state index < -0.39 is 5.56 Å². The van der Waals surface area contributed by atoms with Crippen molar-refractivity contribution in [1.29, 1.82) is 5.26 Å². The van der Waals surface area contributed by atoms with E-state index in [4.69, 9.17) is 9.47 Å². The largest absolute Gasteiger partial charge is 0.493 e. The van der Waals surface area contributed by atoms with Gasteiger partial charge in [-0.15, -0.1) is 0 Å². The fourth-order valence-corrected chi connectivity index (χ4v) is 2.87. The number of benzene rings is 2. The summed E-state index contributed by atoms with van der Waals surface area (Å²) in [6, 6.07) is 16.9. The van der Waals surface area contributed by atoms with Gasteiger partial charge in [-0.25, -0.2) is 0 Å². The second-order valence-electron chi connectivity index (χ2n) is 5.85. The first-order valence-electron chi connectivity index (χ1n) is 8.04. The number of nitrogens with one attached hydrogen (secondary N) is 1. The van der Waals surface area contributed by atoms with Crippen LogP contribution in [0.2, 0.25) is 0 Å². The number of ether oxygens (including phenoxy) is 2. The topological polar surface area (TPSA) is 75.1 Å². The van der Waals surface area contributed by atoms with E-state index in [0.717, 1.165) is 16.7 Å². The average molecular weight is 346 g/mol. The summed E-state index contributed by atoms with van der Waals surface area (Å²) in [6.07, 6.45) is 0. The average Bonchev–Trinajstić information content (AvgIpc) is 2.66. The van der Waals surface area contributed by atoms with Crippen LogP contribution >= 0.6 is 0 Å². The minimum absolute atomic E-state index is 0.0971. The van der Waals surface area contributed by atoms with Gasteiger partial charge in [0, 0.05) is 16.8 Å². The summed E-state index contributed by atoms with van der Waals surface area (Å²) in [7, 11) is 3.12. The first kappa shape index (κ1) is 17.3. The molecule has 3 aromatic rings. The Bertz CT molecular complexity index is 1060. The number of methoxy groups -OCH3 is 2. The molecule has 0 aliphatic carbocycles. The Balaban J connectivity index is 2.22. The Hall–Kier alpha value is -3.52. The van der Waals surface area contributed by atoms with E-state index in [1.54, 1.807) is 26.4 Å². The van der Waals surface area contributed by atoms with Crippen LogP contribution < -0.4 is 15.0 Å². The van der Waals surface area contributed by atoms with E-state index >= 15 is 0 Å². The zero-order valence-corrected chi connectivity index (χ0v) is 14.8. The summed E-state index contributed by atoms with van der Waals surface area (Å²) >= 11 is 0. The van der Waals surface area contributed by atoms with E-state index in [-0.39, 0.29) is 5.56 Å². The first-order chi connectivity index (χ1) is 12.6. The third-order valence-corrected chi connectivity index (χ3v) is 4.17. The number of aryl methyl sites for hydroxylation is 1. The van der Waals surface area contributed by atoms with Crippen molar-refractivity contribution in [2.24, 2.45) is 0 Å². The molecular weight excluding hydrogens is 328 g/mol. The van der Waals surface area contributed by atoms with Crippen LogP contribution in [0.3, 0.4) is 0 Å². The summed E-state index contributed by atoms with van der Waals surface area (Å²) in [5.74, 6) is 1.17. The van der Waals surface area contributed by atoms with Gasteiger partial charge in [0.1, 0.15) is 11.6 Å². The van der Waals surface area contributed by atoms with Crippen molar-refractivity contribution in [2.45, 2.75) is 6.92 Å². The lowest BCUT2D eigenvalue weighted by atomic mass is 9.98. The van der Waals surface area contributed by atoms with Crippen molar-refractivity contribution in [3.63, 3.8) is 0 Å². The number of pyridine rings is 1. The van der Waals surface area contributed by atoms with Crippen LogP contribution in [0.25, 0.3) is 22.4 Å². The van der Waals surface area contributed by atoms with Gasteiger partial charge >= 0.3 is 0 Å². The Morgan fingerprint density at radius 1 is 0.962 bits per heavy atom. The Labute approximate surface area is 151 Å². The van der Waals surface area contributed by atoms with Gasteiger partial charge in [-0.1, -0.05) is 29.8 Å². The monoisotopic (exact) mass is 346 g/mol. The predicted octanol–water partition coefficient (Wildman–Crippen LogP) is 3.91. The van der Waals surface area contributed by atoms with Crippen LogP contribution in [-0.2, 0) is 0 Å². The summed E-state index contributed by atoms with van der Waals surface area (Å²) in [4.78, 5) is 15.2. The molecule has 0 fully saturated rings. The lowest BCUT2D eigenvalue weighted by Gasteiger charge is -2.11. The van der Waals surface area contributed by atoms with Gasteiger partial charge in [-0.3, -0.25) is 4.79 Å². The van der Waals surface area contributed by atoms with E-state index in [1.165, 1.54) is 0 Å². The zero-order valence-electron chi connectivity index (χ0n) is 14.8. The smallest absolute Gasteiger partial charge is 0.266 e. The van der Waals surface area contributed by atoms with Crippen LogP contribution in [0.5, 0.6) is 11.5 Å². The van der Waals surface area contributed by atoms with Crippen LogP contribution in [0.1, 0.15) is 11.1 Å². The number of nitrogens with zero attached hydrogens (tertiary/aromatic N) is 1. The molecular formula is C21H18N2O3. The number of hydrogen-bond donors (Lipinski definition) is 1. The molecule has 0 atom stereocenters. The molecule has 26 heavy (non-hydrogen) atoms. The quantitative estimate of drug-likeness (QED) is 0.777. The van der Waals surface area contributed by atoms with Gasteiger partial charge in [0.15, 0.2) is 11.5 Å². The lowest BCUT2D eigenvalue weighted by molar-refractivity contribution is 0.355. The molecule has 0 radical (unpaired) electrons. The minimum Gasteiger partial charge on any atom is -0.493 e. The molecule has 0 amide bonds. The second-order valence-corrected chi connectivity index (χ2v) is 5.85. The van der Waals surface area contributed by atoms with Crippen molar-refractivity contribution in [2.75, 3.05) is 14.2 Å². The molecule has 0 saturated heterocycles. The fraction of sp³-hybridized carbons (Fsp3) is 0.143. The number of nitriles is 1. The molecule has 130 valence electrons. The highest BCUT2D eigenvalue weighted by atomic mass is 16.5. The highest BCUT2D eigenvalue weighted by Crippen LogP contribution is 2.33. The first-order valence-corrected chi connectivity index (χ1v) is 8.04. The Kier molecular flexibility index (Phi) is 4.76. The molecule has 5 heteroatoms.